The summed E-state index contributed by atoms with van der Waals surface area (Å²) in [6.45, 7) is 2.55. The van der Waals surface area contributed by atoms with Crippen LogP contribution >= 0.6 is 0 Å². The first-order valence-electron chi connectivity index (χ1n) is 8.01. The highest BCUT2D eigenvalue weighted by atomic mass is 16.1. The van der Waals surface area contributed by atoms with E-state index in [4.69, 9.17) is 0 Å². The molecule has 0 heterocycles. The third-order valence-corrected chi connectivity index (χ3v) is 3.68. The first-order valence-corrected chi connectivity index (χ1v) is 8.01. The van der Waals surface area contributed by atoms with Crippen LogP contribution in [-0.2, 0) is 17.6 Å². The molecule has 0 aliphatic carbocycles. The molecule has 2 aromatic carbocycles. The van der Waals surface area contributed by atoms with Gasteiger partial charge < -0.3 is 10.6 Å². The number of nitrogens with zero attached hydrogens (tertiary/aromatic N) is 1. The van der Waals surface area contributed by atoms with E-state index in [0.29, 0.717) is 6.54 Å². The van der Waals surface area contributed by atoms with Crippen molar-refractivity contribution >= 4 is 11.6 Å². The standard InChI is InChI=1S/C20H21N3O/c1-2-17-10-6-7-11-19(17)23-15-18(14-21)20(24)22-13-12-16-8-4-3-5-9-16/h3-11,15,23H,2,12-13H2,1H3,(H,22,24)/b18-15-. The fraction of sp³-hybridized carbons (Fsp3) is 0.200. The van der Waals surface area contributed by atoms with E-state index in [1.54, 1.807) is 0 Å². The summed E-state index contributed by atoms with van der Waals surface area (Å²) < 4.78 is 0. The maximum Gasteiger partial charge on any atom is 0.263 e. The molecule has 0 saturated heterocycles. The van der Waals surface area contributed by atoms with Crippen molar-refractivity contribution in [2.75, 3.05) is 11.9 Å². The molecule has 0 aromatic heterocycles. The molecule has 4 nitrogen and oxygen atoms in total. The smallest absolute Gasteiger partial charge is 0.263 e. The van der Waals surface area contributed by atoms with Gasteiger partial charge in [-0.1, -0.05) is 55.5 Å². The summed E-state index contributed by atoms with van der Waals surface area (Å²) in [6, 6.07) is 19.7. The minimum Gasteiger partial charge on any atom is -0.360 e. The quantitative estimate of drug-likeness (QED) is 0.607. The number of nitriles is 1. The van der Waals surface area contributed by atoms with Gasteiger partial charge in [-0.3, -0.25) is 4.79 Å². The number of carbonyl (C=O) groups is 1. The lowest BCUT2D eigenvalue weighted by Crippen LogP contribution is -2.27. The van der Waals surface area contributed by atoms with Gasteiger partial charge in [0.2, 0.25) is 0 Å². The van der Waals surface area contributed by atoms with Crippen molar-refractivity contribution < 1.29 is 4.79 Å². The SMILES string of the molecule is CCc1ccccc1N/C=C(/C#N)C(=O)NCCc1ccccc1. The monoisotopic (exact) mass is 319 g/mol. The van der Waals surface area contributed by atoms with E-state index in [1.165, 1.54) is 6.20 Å². The zero-order valence-electron chi connectivity index (χ0n) is 13.8. The normalized spacial score (nSPS) is 10.8. The van der Waals surface area contributed by atoms with Gasteiger partial charge in [0.25, 0.3) is 5.91 Å². The van der Waals surface area contributed by atoms with Crippen molar-refractivity contribution in [2.45, 2.75) is 19.8 Å². The molecule has 0 bridgehead atoms. The predicted molar refractivity (Wildman–Crippen MR) is 96.3 cm³/mol. The molecule has 24 heavy (non-hydrogen) atoms. The summed E-state index contributed by atoms with van der Waals surface area (Å²) in [4.78, 5) is 12.1. The number of rotatable bonds is 7. The fourth-order valence-corrected chi connectivity index (χ4v) is 2.33. The van der Waals surface area contributed by atoms with Crippen LogP contribution in [0.3, 0.4) is 0 Å². The van der Waals surface area contributed by atoms with Crippen LogP contribution in [0.1, 0.15) is 18.1 Å². The zero-order chi connectivity index (χ0) is 17.2. The number of carbonyl (C=O) groups excluding carboxylic acids is 1. The number of hydrogen-bond acceptors (Lipinski definition) is 3. The predicted octanol–water partition coefficient (Wildman–Crippen LogP) is 3.43. The van der Waals surface area contributed by atoms with Crippen LogP contribution in [0, 0.1) is 11.3 Å². The number of benzene rings is 2. The molecule has 0 aliphatic rings. The molecule has 0 saturated carbocycles. The van der Waals surface area contributed by atoms with Crippen LogP contribution < -0.4 is 10.6 Å². The molecule has 0 aliphatic heterocycles. The van der Waals surface area contributed by atoms with E-state index in [9.17, 15) is 10.1 Å². The Bertz CT molecular complexity index is 745. The second-order valence-corrected chi connectivity index (χ2v) is 5.32. The number of para-hydroxylation sites is 1. The lowest BCUT2D eigenvalue weighted by Gasteiger charge is -2.08. The van der Waals surface area contributed by atoms with Crippen LogP contribution in [-0.4, -0.2) is 12.5 Å². The Morgan fingerprint density at radius 3 is 2.54 bits per heavy atom. The summed E-state index contributed by atoms with van der Waals surface area (Å²) >= 11 is 0. The molecular weight excluding hydrogens is 298 g/mol. The average molecular weight is 319 g/mol. The second-order valence-electron chi connectivity index (χ2n) is 5.32. The molecule has 0 spiro atoms. The van der Waals surface area contributed by atoms with Gasteiger partial charge in [0.1, 0.15) is 11.6 Å². The summed E-state index contributed by atoms with van der Waals surface area (Å²) in [6.07, 6.45) is 3.08. The van der Waals surface area contributed by atoms with Crippen molar-refractivity contribution in [3.05, 3.63) is 77.5 Å². The average Bonchev–Trinajstić information content (AvgIpc) is 2.63. The van der Waals surface area contributed by atoms with Gasteiger partial charge >= 0.3 is 0 Å². The third kappa shape index (κ3) is 4.99. The number of anilines is 1. The number of amides is 1. The van der Waals surface area contributed by atoms with E-state index in [-0.39, 0.29) is 11.5 Å². The van der Waals surface area contributed by atoms with E-state index in [2.05, 4.69) is 17.6 Å². The molecule has 0 fully saturated rings. The molecule has 122 valence electrons. The summed E-state index contributed by atoms with van der Waals surface area (Å²) in [5, 5.41) is 15.0. The first-order chi connectivity index (χ1) is 11.7. The summed E-state index contributed by atoms with van der Waals surface area (Å²) in [5.74, 6) is -0.366. The van der Waals surface area contributed by atoms with Gasteiger partial charge in [-0.2, -0.15) is 5.26 Å². The molecule has 1 amide bonds. The maximum atomic E-state index is 12.1. The number of nitrogens with one attached hydrogen (secondary N) is 2. The van der Waals surface area contributed by atoms with Crippen molar-refractivity contribution in [2.24, 2.45) is 0 Å². The highest BCUT2D eigenvalue weighted by Crippen LogP contribution is 2.15. The molecular formula is C20H21N3O. The molecule has 4 heteroatoms. The van der Waals surface area contributed by atoms with Gasteiger partial charge in [-0.05, 0) is 30.0 Å². The van der Waals surface area contributed by atoms with Crippen LogP contribution in [0.2, 0.25) is 0 Å². The van der Waals surface area contributed by atoms with Gasteiger partial charge in [-0.25, -0.2) is 0 Å². The highest BCUT2D eigenvalue weighted by Gasteiger charge is 2.08. The maximum absolute atomic E-state index is 12.1. The van der Waals surface area contributed by atoms with Gasteiger partial charge in [0.05, 0.1) is 0 Å². The van der Waals surface area contributed by atoms with Gasteiger partial charge in [0, 0.05) is 18.4 Å². The number of aryl methyl sites for hydroxylation is 1. The van der Waals surface area contributed by atoms with Crippen LogP contribution in [0.4, 0.5) is 5.69 Å². The van der Waals surface area contributed by atoms with Crippen LogP contribution in [0.5, 0.6) is 0 Å². The first kappa shape index (κ1) is 17.3. The van der Waals surface area contributed by atoms with Crippen molar-refractivity contribution in [3.8, 4) is 6.07 Å². The largest absolute Gasteiger partial charge is 0.360 e. The molecule has 2 aromatic rings. The van der Waals surface area contributed by atoms with Gasteiger partial charge in [-0.15, -0.1) is 0 Å². The van der Waals surface area contributed by atoms with E-state index < -0.39 is 0 Å². The van der Waals surface area contributed by atoms with E-state index in [0.717, 1.165) is 29.7 Å². The van der Waals surface area contributed by atoms with E-state index in [1.807, 2.05) is 60.7 Å². The summed E-state index contributed by atoms with van der Waals surface area (Å²) in [7, 11) is 0. The van der Waals surface area contributed by atoms with Crippen LogP contribution in [0.25, 0.3) is 0 Å². The lowest BCUT2D eigenvalue weighted by atomic mass is 10.1. The topological polar surface area (TPSA) is 64.9 Å². The Morgan fingerprint density at radius 2 is 1.83 bits per heavy atom. The minimum absolute atomic E-state index is 0.0639. The van der Waals surface area contributed by atoms with Crippen molar-refractivity contribution in [3.63, 3.8) is 0 Å². The number of hydrogen-bond donors (Lipinski definition) is 2. The molecule has 2 rings (SSSR count). The van der Waals surface area contributed by atoms with Crippen molar-refractivity contribution in [1.82, 2.24) is 5.32 Å². The Kier molecular flexibility index (Phi) is 6.60. The van der Waals surface area contributed by atoms with E-state index >= 15 is 0 Å². The Hall–Kier alpha value is -3.06. The molecule has 0 unspecified atom stereocenters. The zero-order valence-corrected chi connectivity index (χ0v) is 13.8. The summed E-state index contributed by atoms with van der Waals surface area (Å²) in [5.41, 5.74) is 3.25. The third-order valence-electron chi connectivity index (χ3n) is 3.68. The Morgan fingerprint density at radius 1 is 1.12 bits per heavy atom. The van der Waals surface area contributed by atoms with Gasteiger partial charge in [0.15, 0.2) is 0 Å². The second kappa shape index (κ2) is 9.16. The molecule has 2 N–H and O–H groups in total. The van der Waals surface area contributed by atoms with Crippen molar-refractivity contribution in [1.29, 1.82) is 5.26 Å². The molecule has 0 atom stereocenters. The Labute approximate surface area is 142 Å². The minimum atomic E-state index is -0.366. The lowest BCUT2D eigenvalue weighted by molar-refractivity contribution is -0.117. The Balaban J connectivity index is 1.92. The fourth-order valence-electron chi connectivity index (χ4n) is 2.33. The molecule has 0 radical (unpaired) electrons. The van der Waals surface area contributed by atoms with Crippen LogP contribution in [0.15, 0.2) is 66.4 Å². The highest BCUT2D eigenvalue weighted by molar-refractivity contribution is 5.97.